The molecule has 3 nitrogen and oxygen atoms in total. The summed E-state index contributed by atoms with van der Waals surface area (Å²) in [5.41, 5.74) is 12.2. The predicted octanol–water partition coefficient (Wildman–Crippen LogP) is 6.60. The zero-order valence-electron chi connectivity index (χ0n) is 17.6. The summed E-state index contributed by atoms with van der Waals surface area (Å²) in [6.07, 6.45) is 13.5. The van der Waals surface area contributed by atoms with Gasteiger partial charge in [-0.25, -0.2) is 0 Å². The van der Waals surface area contributed by atoms with Crippen LogP contribution in [0.4, 0.5) is 5.69 Å². The number of nitrogens with one attached hydrogen (secondary N) is 1. The molecule has 0 unspecified atom stereocenters. The Morgan fingerprint density at radius 1 is 1.10 bits per heavy atom. The molecule has 156 valence electrons. The van der Waals surface area contributed by atoms with E-state index in [2.05, 4.69) is 24.4 Å². The summed E-state index contributed by atoms with van der Waals surface area (Å²) in [7, 11) is 0. The largest absolute Gasteiger partial charge is 0.384 e. The SMILES string of the molecule is CC1=C[C@@H]2Cc3nc4cc(Cl)ccc4c(NCCCCCCCCN)c3[C@H](C1)C2. The average molecular weight is 412 g/mol. The van der Waals surface area contributed by atoms with Crippen LogP contribution in [0.1, 0.15) is 75.5 Å². The lowest BCUT2D eigenvalue weighted by atomic mass is 9.71. The Morgan fingerprint density at radius 2 is 1.90 bits per heavy atom. The van der Waals surface area contributed by atoms with Crippen LogP contribution in [0.25, 0.3) is 10.9 Å². The molecular weight excluding hydrogens is 378 g/mol. The number of nitrogens with two attached hydrogens (primary N) is 1. The van der Waals surface area contributed by atoms with E-state index in [4.69, 9.17) is 22.3 Å². The van der Waals surface area contributed by atoms with Crippen LogP contribution >= 0.6 is 11.6 Å². The zero-order chi connectivity index (χ0) is 20.2. The fourth-order valence-electron chi connectivity index (χ4n) is 5.27. The molecule has 0 fully saturated rings. The van der Waals surface area contributed by atoms with Crippen LogP contribution in [0.3, 0.4) is 0 Å². The summed E-state index contributed by atoms with van der Waals surface area (Å²) >= 11 is 6.29. The van der Waals surface area contributed by atoms with Gasteiger partial charge in [0.25, 0.3) is 0 Å². The maximum atomic E-state index is 6.29. The van der Waals surface area contributed by atoms with Crippen LogP contribution < -0.4 is 11.1 Å². The molecule has 0 amide bonds. The van der Waals surface area contributed by atoms with Gasteiger partial charge in [0.05, 0.1) is 5.52 Å². The Balaban J connectivity index is 1.53. The quantitative estimate of drug-likeness (QED) is 0.361. The number of hydrogen-bond donors (Lipinski definition) is 2. The van der Waals surface area contributed by atoms with Crippen molar-refractivity contribution in [2.24, 2.45) is 11.7 Å². The second-order valence-electron chi connectivity index (χ2n) is 8.96. The highest BCUT2D eigenvalue weighted by atomic mass is 35.5. The van der Waals surface area contributed by atoms with Gasteiger partial charge in [-0.3, -0.25) is 4.98 Å². The molecule has 2 bridgehead atoms. The predicted molar refractivity (Wildman–Crippen MR) is 125 cm³/mol. The number of aromatic nitrogens is 1. The minimum absolute atomic E-state index is 0.597. The molecule has 0 spiro atoms. The molecule has 0 radical (unpaired) electrons. The van der Waals surface area contributed by atoms with Crippen molar-refractivity contribution in [1.29, 1.82) is 0 Å². The molecule has 0 saturated carbocycles. The maximum absolute atomic E-state index is 6.29. The van der Waals surface area contributed by atoms with E-state index >= 15 is 0 Å². The van der Waals surface area contributed by atoms with Gasteiger partial charge in [-0.05, 0) is 75.6 Å². The molecule has 1 aromatic heterocycles. The minimum Gasteiger partial charge on any atom is -0.384 e. The lowest BCUT2D eigenvalue weighted by Gasteiger charge is -2.36. The molecule has 2 aliphatic carbocycles. The van der Waals surface area contributed by atoms with Crippen molar-refractivity contribution < 1.29 is 0 Å². The van der Waals surface area contributed by atoms with Crippen LogP contribution in [-0.2, 0) is 6.42 Å². The molecule has 2 aromatic rings. The lowest BCUT2D eigenvalue weighted by Crippen LogP contribution is -2.24. The minimum atomic E-state index is 0.597. The fourth-order valence-corrected chi connectivity index (χ4v) is 5.43. The van der Waals surface area contributed by atoms with Gasteiger partial charge in [0.1, 0.15) is 0 Å². The van der Waals surface area contributed by atoms with Gasteiger partial charge in [-0.1, -0.05) is 48.9 Å². The first-order chi connectivity index (χ1) is 14.2. The number of unbranched alkanes of at least 4 members (excludes halogenated alkanes) is 5. The van der Waals surface area contributed by atoms with Gasteiger partial charge < -0.3 is 11.1 Å². The molecule has 0 saturated heterocycles. The Bertz CT molecular complexity index is 889. The number of anilines is 1. The molecule has 4 heteroatoms. The summed E-state index contributed by atoms with van der Waals surface area (Å²) in [6.45, 7) is 4.13. The van der Waals surface area contributed by atoms with Crippen molar-refractivity contribution >= 4 is 28.2 Å². The molecule has 0 aliphatic heterocycles. The number of rotatable bonds is 9. The third kappa shape index (κ3) is 4.78. The van der Waals surface area contributed by atoms with Gasteiger partial charge in [0, 0.05) is 33.9 Å². The van der Waals surface area contributed by atoms with Gasteiger partial charge in [0.2, 0.25) is 0 Å². The lowest BCUT2D eigenvalue weighted by molar-refractivity contribution is 0.433. The standard InChI is InChI=1S/C25H34ClN3/c1-17-12-18-14-19(13-17)24-23(15-18)29-22-16-20(26)8-9-21(22)25(24)28-11-7-5-3-2-4-6-10-27/h8-9,12,16,18-19H,2-7,10-11,13-15,27H2,1H3,(H,28,29)/t18-,19+/m0/s1. The van der Waals surface area contributed by atoms with Gasteiger partial charge in [0.15, 0.2) is 0 Å². The van der Waals surface area contributed by atoms with Crippen molar-refractivity contribution in [2.75, 3.05) is 18.4 Å². The van der Waals surface area contributed by atoms with Gasteiger partial charge in [-0.2, -0.15) is 0 Å². The van der Waals surface area contributed by atoms with E-state index in [-0.39, 0.29) is 0 Å². The smallest absolute Gasteiger partial charge is 0.0741 e. The number of nitrogens with zero attached hydrogens (tertiary/aromatic N) is 1. The Kier molecular flexibility index (Phi) is 6.77. The number of allylic oxidation sites excluding steroid dienone is 2. The molecule has 4 rings (SSSR count). The van der Waals surface area contributed by atoms with Crippen LogP contribution in [0.5, 0.6) is 0 Å². The first-order valence-electron chi connectivity index (χ1n) is 11.4. The van der Waals surface area contributed by atoms with Crippen LogP contribution in [0.15, 0.2) is 29.8 Å². The monoisotopic (exact) mass is 411 g/mol. The van der Waals surface area contributed by atoms with Gasteiger partial charge in [-0.15, -0.1) is 0 Å². The highest BCUT2D eigenvalue weighted by Crippen LogP contribution is 2.47. The van der Waals surface area contributed by atoms with Crippen LogP contribution in [0.2, 0.25) is 5.02 Å². The summed E-state index contributed by atoms with van der Waals surface area (Å²) in [6, 6.07) is 6.17. The fraction of sp³-hybridized carbons (Fsp3) is 0.560. The zero-order valence-corrected chi connectivity index (χ0v) is 18.4. The first-order valence-corrected chi connectivity index (χ1v) is 11.8. The molecular formula is C25H34ClN3. The van der Waals surface area contributed by atoms with Crippen molar-refractivity contribution in [3.63, 3.8) is 0 Å². The topological polar surface area (TPSA) is 50.9 Å². The summed E-state index contributed by atoms with van der Waals surface area (Å²) in [5, 5.41) is 5.82. The molecule has 1 aromatic carbocycles. The van der Waals surface area contributed by atoms with E-state index in [1.165, 1.54) is 72.8 Å². The normalized spacial score (nSPS) is 20.4. The second-order valence-corrected chi connectivity index (χ2v) is 9.40. The van der Waals surface area contributed by atoms with Crippen molar-refractivity contribution in [1.82, 2.24) is 4.98 Å². The van der Waals surface area contributed by atoms with Crippen LogP contribution in [0, 0.1) is 5.92 Å². The Labute approximate surface area is 180 Å². The Morgan fingerprint density at radius 3 is 2.72 bits per heavy atom. The summed E-state index contributed by atoms with van der Waals surface area (Å²) < 4.78 is 0. The van der Waals surface area contributed by atoms with E-state index in [9.17, 15) is 0 Å². The van der Waals surface area contributed by atoms with Crippen molar-refractivity contribution in [3.05, 3.63) is 46.1 Å². The highest BCUT2D eigenvalue weighted by molar-refractivity contribution is 6.31. The van der Waals surface area contributed by atoms with Crippen LogP contribution in [-0.4, -0.2) is 18.1 Å². The van der Waals surface area contributed by atoms with E-state index in [1.807, 2.05) is 12.1 Å². The average Bonchev–Trinajstić information content (AvgIpc) is 2.68. The summed E-state index contributed by atoms with van der Waals surface area (Å²) in [5.74, 6) is 1.24. The number of pyridine rings is 1. The van der Waals surface area contributed by atoms with E-state index in [0.29, 0.717) is 11.8 Å². The van der Waals surface area contributed by atoms with E-state index < -0.39 is 0 Å². The molecule has 2 aliphatic rings. The van der Waals surface area contributed by atoms with E-state index in [0.717, 1.165) is 36.5 Å². The number of halogens is 1. The maximum Gasteiger partial charge on any atom is 0.0741 e. The van der Waals surface area contributed by atoms with Crippen molar-refractivity contribution in [3.8, 4) is 0 Å². The van der Waals surface area contributed by atoms with Gasteiger partial charge >= 0.3 is 0 Å². The first kappa shape index (κ1) is 20.7. The highest BCUT2D eigenvalue weighted by Gasteiger charge is 2.33. The number of hydrogen-bond acceptors (Lipinski definition) is 3. The van der Waals surface area contributed by atoms with Crippen molar-refractivity contribution in [2.45, 2.75) is 70.6 Å². The molecule has 3 N–H and O–H groups in total. The summed E-state index contributed by atoms with van der Waals surface area (Å²) in [4.78, 5) is 5.07. The number of benzene rings is 1. The number of fused-ring (bicyclic) bond motifs is 5. The third-order valence-electron chi connectivity index (χ3n) is 6.54. The molecule has 1 heterocycles. The molecule has 29 heavy (non-hydrogen) atoms. The Hall–Kier alpha value is -1.58. The third-order valence-corrected chi connectivity index (χ3v) is 6.77. The van der Waals surface area contributed by atoms with E-state index in [1.54, 1.807) is 0 Å². The second kappa shape index (κ2) is 9.49. The molecule has 2 atom stereocenters.